The molecule has 4 nitrogen and oxygen atoms in total. The number of aryl methyl sites for hydroxylation is 1. The highest BCUT2D eigenvalue weighted by Gasteiger charge is 2.30. The molecule has 1 amide bonds. The van der Waals surface area contributed by atoms with E-state index in [4.69, 9.17) is 16.3 Å². The van der Waals surface area contributed by atoms with Gasteiger partial charge in [-0.1, -0.05) is 60.1 Å². The Balaban J connectivity index is 1.89. The van der Waals surface area contributed by atoms with Crippen LogP contribution in [0.1, 0.15) is 40.8 Å². The van der Waals surface area contributed by atoms with E-state index < -0.39 is 17.8 Å². The molecule has 0 saturated carbocycles. The van der Waals surface area contributed by atoms with Gasteiger partial charge in [-0.25, -0.2) is 0 Å². The Morgan fingerprint density at radius 1 is 1.00 bits per heavy atom. The Hall–Kier alpha value is -3.03. The van der Waals surface area contributed by atoms with E-state index in [1.54, 1.807) is 19.2 Å². The number of halogens is 4. The lowest BCUT2D eigenvalue weighted by Crippen LogP contribution is -2.38. The lowest BCUT2D eigenvalue weighted by molar-refractivity contribution is -0.137. The Morgan fingerprint density at radius 3 is 2.26 bits per heavy atom. The molecule has 0 bridgehead atoms. The quantitative estimate of drug-likeness (QED) is 0.380. The summed E-state index contributed by atoms with van der Waals surface area (Å²) in [5.74, 6) is 0.295. The SMILES string of the molecule is CNC(=O)C(N[C@H](CCc1ccc(C(F)(F)F)cc1)c1ccc(Cl)c(OC)c1)c1ccccc1. The highest BCUT2D eigenvalue weighted by atomic mass is 35.5. The zero-order valence-corrected chi connectivity index (χ0v) is 19.6. The summed E-state index contributed by atoms with van der Waals surface area (Å²) in [5.41, 5.74) is 1.72. The van der Waals surface area contributed by atoms with Crippen molar-refractivity contribution in [2.24, 2.45) is 0 Å². The molecule has 2 atom stereocenters. The average molecular weight is 491 g/mol. The van der Waals surface area contributed by atoms with Crippen LogP contribution >= 0.6 is 11.6 Å². The van der Waals surface area contributed by atoms with Gasteiger partial charge in [0.25, 0.3) is 0 Å². The minimum Gasteiger partial charge on any atom is -0.495 e. The Morgan fingerprint density at radius 2 is 1.68 bits per heavy atom. The minimum absolute atomic E-state index is 0.202. The van der Waals surface area contributed by atoms with Gasteiger partial charge in [-0.2, -0.15) is 13.2 Å². The van der Waals surface area contributed by atoms with Gasteiger partial charge >= 0.3 is 6.18 Å². The number of hydrogen-bond acceptors (Lipinski definition) is 3. The van der Waals surface area contributed by atoms with E-state index in [1.807, 2.05) is 36.4 Å². The van der Waals surface area contributed by atoms with Crippen LogP contribution in [0.25, 0.3) is 0 Å². The molecule has 0 radical (unpaired) electrons. The molecule has 0 aliphatic carbocycles. The molecule has 3 rings (SSSR count). The molecule has 0 spiro atoms. The van der Waals surface area contributed by atoms with Crippen molar-refractivity contribution < 1.29 is 22.7 Å². The van der Waals surface area contributed by atoms with E-state index in [2.05, 4.69) is 10.6 Å². The van der Waals surface area contributed by atoms with Crippen molar-refractivity contribution in [2.45, 2.75) is 31.1 Å². The summed E-state index contributed by atoms with van der Waals surface area (Å²) in [6.45, 7) is 0. The van der Waals surface area contributed by atoms with E-state index in [0.29, 0.717) is 23.6 Å². The first-order chi connectivity index (χ1) is 16.2. The van der Waals surface area contributed by atoms with Crippen LogP contribution in [-0.4, -0.2) is 20.1 Å². The van der Waals surface area contributed by atoms with E-state index >= 15 is 0 Å². The number of hydrogen-bond donors (Lipinski definition) is 2. The monoisotopic (exact) mass is 490 g/mol. The maximum absolute atomic E-state index is 12.9. The topological polar surface area (TPSA) is 50.4 Å². The van der Waals surface area contributed by atoms with Crippen LogP contribution in [0.15, 0.2) is 72.8 Å². The summed E-state index contributed by atoms with van der Waals surface area (Å²) in [7, 11) is 3.09. The smallest absolute Gasteiger partial charge is 0.416 e. The maximum Gasteiger partial charge on any atom is 0.416 e. The first-order valence-corrected chi connectivity index (χ1v) is 11.1. The summed E-state index contributed by atoms with van der Waals surface area (Å²) >= 11 is 6.20. The fourth-order valence-electron chi connectivity index (χ4n) is 3.73. The zero-order valence-electron chi connectivity index (χ0n) is 18.8. The Labute approximate surface area is 202 Å². The van der Waals surface area contributed by atoms with Crippen molar-refractivity contribution in [1.29, 1.82) is 0 Å². The minimum atomic E-state index is -4.38. The van der Waals surface area contributed by atoms with Crippen LogP contribution in [0, 0.1) is 0 Å². The first kappa shape index (κ1) is 25.6. The molecule has 0 aliphatic heterocycles. The van der Waals surface area contributed by atoms with Gasteiger partial charge in [0.15, 0.2) is 0 Å². The second-order valence-corrected chi connectivity index (χ2v) is 8.21. The summed E-state index contributed by atoms with van der Waals surface area (Å²) in [5, 5.41) is 6.57. The molecule has 0 fully saturated rings. The number of amides is 1. The highest BCUT2D eigenvalue weighted by Crippen LogP contribution is 2.32. The third-order valence-electron chi connectivity index (χ3n) is 5.59. The van der Waals surface area contributed by atoms with Crippen molar-refractivity contribution in [3.05, 3.63) is 100 Å². The third kappa shape index (κ3) is 6.52. The molecular formula is C26H26ClF3N2O2. The summed E-state index contributed by atoms with van der Waals surface area (Å²) in [6, 6.07) is 18.9. The molecule has 0 saturated heterocycles. The number of methoxy groups -OCH3 is 1. The molecule has 3 aromatic rings. The predicted octanol–water partition coefficient (Wildman–Crippen LogP) is 6.12. The predicted molar refractivity (Wildman–Crippen MR) is 127 cm³/mol. The number of alkyl halides is 3. The molecule has 3 aromatic carbocycles. The summed E-state index contributed by atoms with van der Waals surface area (Å²) < 4.78 is 44.1. The van der Waals surface area contributed by atoms with Crippen molar-refractivity contribution in [3.8, 4) is 5.75 Å². The van der Waals surface area contributed by atoms with E-state index in [9.17, 15) is 18.0 Å². The van der Waals surface area contributed by atoms with E-state index in [-0.39, 0.29) is 11.9 Å². The Bertz CT molecular complexity index is 1090. The van der Waals surface area contributed by atoms with Gasteiger partial charge in [0.1, 0.15) is 11.8 Å². The van der Waals surface area contributed by atoms with Crippen LogP contribution in [-0.2, 0) is 17.4 Å². The number of benzene rings is 3. The normalized spacial score (nSPS) is 13.2. The van der Waals surface area contributed by atoms with Crippen LogP contribution in [0.5, 0.6) is 5.75 Å². The van der Waals surface area contributed by atoms with Gasteiger partial charge in [-0.3, -0.25) is 10.1 Å². The molecule has 2 N–H and O–H groups in total. The lowest BCUT2D eigenvalue weighted by atomic mass is 9.95. The molecule has 34 heavy (non-hydrogen) atoms. The van der Waals surface area contributed by atoms with Crippen molar-refractivity contribution >= 4 is 17.5 Å². The third-order valence-corrected chi connectivity index (χ3v) is 5.90. The van der Waals surface area contributed by atoms with Crippen LogP contribution in [0.4, 0.5) is 13.2 Å². The van der Waals surface area contributed by atoms with Crippen LogP contribution in [0.3, 0.4) is 0 Å². The standard InChI is InChI=1S/C26H26ClF3N2O2/c1-31-25(33)24(18-6-4-3-5-7-18)32-22(19-11-14-21(27)23(16-19)34-2)15-10-17-8-12-20(13-9-17)26(28,29)30/h3-9,11-14,16,22,24,32H,10,15H2,1-2H3,(H,31,33)/t22-,24?/m1/s1. The van der Waals surface area contributed by atoms with Gasteiger partial charge in [0, 0.05) is 13.1 Å². The number of rotatable bonds is 9. The fourth-order valence-corrected chi connectivity index (χ4v) is 3.92. The Kier molecular flexibility index (Phi) is 8.58. The van der Waals surface area contributed by atoms with Crippen LogP contribution < -0.4 is 15.4 Å². The molecule has 0 aliphatic rings. The van der Waals surface area contributed by atoms with Crippen molar-refractivity contribution in [2.75, 3.05) is 14.2 Å². The van der Waals surface area contributed by atoms with E-state index in [0.717, 1.165) is 28.8 Å². The van der Waals surface area contributed by atoms with Gasteiger partial charge in [-0.05, 0) is 53.8 Å². The molecular weight excluding hydrogens is 465 g/mol. The number of ether oxygens (including phenoxy) is 1. The van der Waals surface area contributed by atoms with Gasteiger partial charge in [-0.15, -0.1) is 0 Å². The maximum atomic E-state index is 12.9. The molecule has 180 valence electrons. The summed E-state index contributed by atoms with van der Waals surface area (Å²) in [6.07, 6.45) is -3.36. The van der Waals surface area contributed by atoms with Gasteiger partial charge in [0.2, 0.25) is 5.91 Å². The first-order valence-electron chi connectivity index (χ1n) is 10.7. The van der Waals surface area contributed by atoms with Crippen molar-refractivity contribution in [3.63, 3.8) is 0 Å². The fraction of sp³-hybridized carbons (Fsp3) is 0.269. The van der Waals surface area contributed by atoms with E-state index in [1.165, 1.54) is 19.2 Å². The lowest BCUT2D eigenvalue weighted by Gasteiger charge is -2.26. The summed E-state index contributed by atoms with van der Waals surface area (Å²) in [4.78, 5) is 12.7. The number of carbonyl (C=O) groups is 1. The average Bonchev–Trinajstić information content (AvgIpc) is 2.84. The second-order valence-electron chi connectivity index (χ2n) is 7.80. The van der Waals surface area contributed by atoms with Gasteiger partial charge in [0.05, 0.1) is 17.7 Å². The largest absolute Gasteiger partial charge is 0.495 e. The van der Waals surface area contributed by atoms with Crippen molar-refractivity contribution in [1.82, 2.24) is 10.6 Å². The van der Waals surface area contributed by atoms with Crippen LogP contribution in [0.2, 0.25) is 5.02 Å². The molecule has 0 heterocycles. The number of carbonyl (C=O) groups excluding carboxylic acids is 1. The zero-order chi connectivity index (χ0) is 24.7. The second kappa shape index (κ2) is 11.4. The molecule has 1 unspecified atom stereocenters. The highest BCUT2D eigenvalue weighted by molar-refractivity contribution is 6.32. The molecule has 8 heteroatoms. The molecule has 0 aromatic heterocycles. The van der Waals surface area contributed by atoms with Gasteiger partial charge < -0.3 is 10.1 Å². The number of likely N-dealkylation sites (N-methyl/N-ethyl adjacent to an activating group) is 1. The number of nitrogens with one attached hydrogen (secondary N) is 2.